The minimum absolute atomic E-state index is 0.0919. The molecule has 1 saturated carbocycles. The largest absolute Gasteiger partial charge is 0.507 e. The summed E-state index contributed by atoms with van der Waals surface area (Å²) in [6.45, 7) is 8.34. The highest BCUT2D eigenvalue weighted by Crippen LogP contribution is 2.61. The molecule has 0 aromatic heterocycles. The van der Waals surface area contributed by atoms with Crippen LogP contribution in [0, 0.1) is 5.41 Å². The monoisotopic (exact) mass is 404 g/mol. The topological polar surface area (TPSA) is 124 Å². The average molecular weight is 404 g/mol. The number of esters is 1. The SMILES string of the molecule is CC(=O)OCC(C)c1c(O)c(O)c2c(c1O)C(=O)C(O)=C1C(C)(C)CCC[C@@]12C. The number of ketones is 1. The van der Waals surface area contributed by atoms with E-state index < -0.39 is 51.5 Å². The van der Waals surface area contributed by atoms with Crippen LogP contribution in [0.5, 0.6) is 17.2 Å². The fourth-order valence-corrected chi connectivity index (χ4v) is 5.22. The summed E-state index contributed by atoms with van der Waals surface area (Å²) in [5, 5.41) is 43.4. The molecule has 7 heteroatoms. The molecule has 0 saturated heterocycles. The number of hydrogen-bond acceptors (Lipinski definition) is 7. The number of benzene rings is 1. The third-order valence-electron chi connectivity index (χ3n) is 6.43. The Bertz CT molecular complexity index is 941. The number of aliphatic hydroxyl groups is 1. The lowest BCUT2D eigenvalue weighted by molar-refractivity contribution is -0.141. The zero-order chi connectivity index (χ0) is 21.9. The first-order chi connectivity index (χ1) is 13.3. The second-order valence-electron chi connectivity index (χ2n) is 9.04. The van der Waals surface area contributed by atoms with Gasteiger partial charge >= 0.3 is 5.97 Å². The Hall–Kier alpha value is -2.70. The maximum Gasteiger partial charge on any atom is 0.302 e. The van der Waals surface area contributed by atoms with Crippen LogP contribution in [0.3, 0.4) is 0 Å². The van der Waals surface area contributed by atoms with Gasteiger partial charge in [-0.25, -0.2) is 0 Å². The lowest BCUT2D eigenvalue weighted by Gasteiger charge is -2.49. The molecule has 3 rings (SSSR count). The number of phenols is 3. The number of aliphatic hydroxyl groups excluding tert-OH is 1. The van der Waals surface area contributed by atoms with Gasteiger partial charge in [-0.2, -0.15) is 0 Å². The first kappa shape index (κ1) is 21.0. The number of fused-ring (bicyclic) bond motifs is 3. The molecule has 158 valence electrons. The molecule has 0 bridgehead atoms. The number of aromatic hydroxyl groups is 3. The Kier molecular flexibility index (Phi) is 4.84. The van der Waals surface area contributed by atoms with Crippen molar-refractivity contribution >= 4 is 11.8 Å². The summed E-state index contributed by atoms with van der Waals surface area (Å²) in [6.07, 6.45) is 2.10. The summed E-state index contributed by atoms with van der Waals surface area (Å²) in [5.74, 6) is -3.95. The molecule has 0 amide bonds. The van der Waals surface area contributed by atoms with Crippen LogP contribution in [0.4, 0.5) is 0 Å². The number of carbonyl (C=O) groups is 2. The second-order valence-corrected chi connectivity index (χ2v) is 9.04. The second kappa shape index (κ2) is 6.68. The maximum absolute atomic E-state index is 13.1. The van der Waals surface area contributed by atoms with E-state index in [4.69, 9.17) is 4.74 Å². The van der Waals surface area contributed by atoms with Gasteiger partial charge in [0.1, 0.15) is 5.75 Å². The number of carbonyl (C=O) groups excluding carboxylic acids is 2. The Balaban J connectivity index is 2.29. The highest BCUT2D eigenvalue weighted by molar-refractivity contribution is 6.13. The molecule has 1 fully saturated rings. The van der Waals surface area contributed by atoms with Crippen LogP contribution in [-0.4, -0.2) is 38.8 Å². The van der Waals surface area contributed by atoms with Crippen LogP contribution in [0.2, 0.25) is 0 Å². The molecule has 2 atom stereocenters. The van der Waals surface area contributed by atoms with Crippen LogP contribution in [-0.2, 0) is 14.9 Å². The number of allylic oxidation sites excluding steroid dienone is 2. The van der Waals surface area contributed by atoms with Crippen LogP contribution < -0.4 is 0 Å². The van der Waals surface area contributed by atoms with Gasteiger partial charge in [0.05, 0.1) is 12.2 Å². The van der Waals surface area contributed by atoms with Gasteiger partial charge in [0.25, 0.3) is 0 Å². The van der Waals surface area contributed by atoms with E-state index >= 15 is 0 Å². The smallest absolute Gasteiger partial charge is 0.302 e. The van der Waals surface area contributed by atoms with E-state index in [2.05, 4.69) is 0 Å². The lowest BCUT2D eigenvalue weighted by atomic mass is 9.54. The first-order valence-corrected chi connectivity index (χ1v) is 9.78. The summed E-state index contributed by atoms with van der Waals surface area (Å²) in [6, 6.07) is 0. The van der Waals surface area contributed by atoms with Crippen LogP contribution in [0.1, 0.15) is 81.3 Å². The van der Waals surface area contributed by atoms with Crippen molar-refractivity contribution in [2.45, 2.75) is 65.2 Å². The van der Waals surface area contributed by atoms with E-state index in [0.29, 0.717) is 12.0 Å². The molecule has 1 unspecified atom stereocenters. The maximum atomic E-state index is 13.1. The van der Waals surface area contributed by atoms with Crippen molar-refractivity contribution < 1.29 is 34.8 Å². The van der Waals surface area contributed by atoms with Crippen LogP contribution >= 0.6 is 0 Å². The molecule has 0 radical (unpaired) electrons. The fourth-order valence-electron chi connectivity index (χ4n) is 5.22. The van der Waals surface area contributed by atoms with Crippen molar-refractivity contribution in [2.75, 3.05) is 6.61 Å². The molecule has 0 heterocycles. The van der Waals surface area contributed by atoms with E-state index in [1.807, 2.05) is 20.8 Å². The van der Waals surface area contributed by atoms with E-state index in [1.165, 1.54) is 6.92 Å². The molecule has 1 aromatic carbocycles. The van der Waals surface area contributed by atoms with Gasteiger partial charge in [-0.3, -0.25) is 9.59 Å². The first-order valence-electron chi connectivity index (χ1n) is 9.78. The Labute approximate surface area is 169 Å². The summed E-state index contributed by atoms with van der Waals surface area (Å²) >= 11 is 0. The predicted octanol–water partition coefficient (Wildman–Crippen LogP) is 3.95. The molecule has 29 heavy (non-hydrogen) atoms. The van der Waals surface area contributed by atoms with Crippen molar-refractivity contribution in [1.29, 1.82) is 0 Å². The van der Waals surface area contributed by atoms with Crippen molar-refractivity contribution in [1.82, 2.24) is 0 Å². The van der Waals surface area contributed by atoms with Crippen molar-refractivity contribution in [3.8, 4) is 17.2 Å². The van der Waals surface area contributed by atoms with Gasteiger partial charge in [-0.1, -0.05) is 34.1 Å². The van der Waals surface area contributed by atoms with Gasteiger partial charge in [0.2, 0.25) is 5.78 Å². The van der Waals surface area contributed by atoms with Crippen LogP contribution in [0.15, 0.2) is 11.3 Å². The Morgan fingerprint density at radius 2 is 1.69 bits per heavy atom. The molecule has 1 aromatic rings. The predicted molar refractivity (Wildman–Crippen MR) is 105 cm³/mol. The van der Waals surface area contributed by atoms with Gasteiger partial charge < -0.3 is 25.2 Å². The van der Waals surface area contributed by atoms with Gasteiger partial charge in [0, 0.05) is 29.4 Å². The summed E-state index contributed by atoms with van der Waals surface area (Å²) in [4.78, 5) is 24.2. The van der Waals surface area contributed by atoms with E-state index in [0.717, 1.165) is 12.8 Å². The highest BCUT2D eigenvalue weighted by atomic mass is 16.5. The fraction of sp³-hybridized carbons (Fsp3) is 0.545. The van der Waals surface area contributed by atoms with Crippen molar-refractivity contribution in [2.24, 2.45) is 5.41 Å². The minimum Gasteiger partial charge on any atom is -0.507 e. The molecule has 2 aliphatic carbocycles. The number of rotatable bonds is 3. The standard InChI is InChI=1S/C22H28O7/c1-10(9-29-11(2)23)12-15(24)13-14(18(27)16(12)25)22(5)8-6-7-21(3,4)20(22)19(28)17(13)26/h10,24-25,27-28H,6-9H2,1-5H3/t10?,22-/m1/s1. The Morgan fingerprint density at radius 3 is 2.28 bits per heavy atom. The number of phenolic OH excluding ortho intramolecular Hbond substituents is 3. The average Bonchev–Trinajstić information content (AvgIpc) is 2.60. The summed E-state index contributed by atoms with van der Waals surface area (Å²) in [5.41, 5.74) is -1.03. The Morgan fingerprint density at radius 1 is 1.07 bits per heavy atom. The zero-order valence-electron chi connectivity index (χ0n) is 17.4. The third kappa shape index (κ3) is 2.94. The van der Waals surface area contributed by atoms with Gasteiger partial charge in [0.15, 0.2) is 17.3 Å². The van der Waals surface area contributed by atoms with Gasteiger partial charge in [-0.15, -0.1) is 0 Å². The third-order valence-corrected chi connectivity index (χ3v) is 6.43. The normalized spacial score (nSPS) is 24.0. The summed E-state index contributed by atoms with van der Waals surface area (Å²) < 4.78 is 4.95. The molecule has 7 nitrogen and oxygen atoms in total. The minimum atomic E-state index is -0.911. The van der Waals surface area contributed by atoms with Gasteiger partial charge in [-0.05, 0) is 23.8 Å². The molecular weight excluding hydrogens is 376 g/mol. The van der Waals surface area contributed by atoms with Crippen molar-refractivity contribution in [3.05, 3.63) is 28.0 Å². The van der Waals surface area contributed by atoms with Crippen LogP contribution in [0.25, 0.3) is 0 Å². The van der Waals surface area contributed by atoms with E-state index in [1.54, 1.807) is 6.92 Å². The van der Waals surface area contributed by atoms with E-state index in [9.17, 15) is 30.0 Å². The molecule has 4 N–H and O–H groups in total. The number of ether oxygens (including phenoxy) is 1. The number of Topliss-reactive ketones (excluding diaryl/α,β-unsaturated/α-hetero) is 1. The molecule has 0 aliphatic heterocycles. The summed E-state index contributed by atoms with van der Waals surface area (Å²) in [7, 11) is 0. The molecule has 0 spiro atoms. The molecule has 2 aliphatic rings. The van der Waals surface area contributed by atoms with E-state index in [-0.39, 0.29) is 23.3 Å². The zero-order valence-corrected chi connectivity index (χ0v) is 17.4. The molecular formula is C22H28O7. The quantitative estimate of drug-likeness (QED) is 0.342. The lowest BCUT2D eigenvalue weighted by Crippen LogP contribution is -2.43. The van der Waals surface area contributed by atoms with Crippen molar-refractivity contribution in [3.63, 3.8) is 0 Å². The number of hydrogen-bond donors (Lipinski definition) is 4. The highest BCUT2D eigenvalue weighted by Gasteiger charge is 2.53.